The van der Waals surface area contributed by atoms with Crippen LogP contribution in [0.2, 0.25) is 6.04 Å². The van der Waals surface area contributed by atoms with E-state index in [0.29, 0.717) is 38.7 Å². The fourth-order valence-corrected chi connectivity index (χ4v) is 6.85. The van der Waals surface area contributed by atoms with Crippen LogP contribution in [0.25, 0.3) is 0 Å². The van der Waals surface area contributed by atoms with Crippen molar-refractivity contribution < 1.29 is 31.6 Å². The number of benzene rings is 1. The molecule has 0 heterocycles. The molecule has 0 saturated heterocycles. The van der Waals surface area contributed by atoms with Crippen molar-refractivity contribution in [2.45, 2.75) is 51.5 Å². The highest BCUT2D eigenvalue weighted by molar-refractivity contribution is 7.91. The molecule has 0 saturated carbocycles. The summed E-state index contributed by atoms with van der Waals surface area (Å²) in [4.78, 5) is 11.7. The number of unbranched alkanes of at least 4 members (excludes halogenated alkanes) is 1. The predicted octanol–water partition coefficient (Wildman–Crippen LogP) is 3.61. The fraction of sp³-hybridized carbons (Fsp3) is 0.550. The summed E-state index contributed by atoms with van der Waals surface area (Å²) < 4.78 is 42.4. The van der Waals surface area contributed by atoms with Crippen LogP contribution < -0.4 is 0 Å². The molecule has 0 spiro atoms. The molecule has 0 aliphatic rings. The third-order valence-electron chi connectivity index (χ3n) is 4.17. The number of hydrogen-bond donors (Lipinski definition) is 1. The largest absolute Gasteiger partial charge is 0.500 e. The number of carboxylic acid groups (broad SMARTS) is 1. The van der Waals surface area contributed by atoms with E-state index in [-0.39, 0.29) is 10.5 Å². The highest BCUT2D eigenvalue weighted by atomic mass is 32.2. The molecule has 0 amide bonds. The van der Waals surface area contributed by atoms with Crippen molar-refractivity contribution in [3.63, 3.8) is 0 Å². The topological polar surface area (TPSA) is 99.1 Å². The summed E-state index contributed by atoms with van der Waals surface area (Å²) in [6.45, 7) is 8.88. The van der Waals surface area contributed by atoms with Gasteiger partial charge in [-0.25, -0.2) is 13.2 Å². The first kappa shape index (κ1) is 25.5. The predicted molar refractivity (Wildman–Crippen MR) is 114 cm³/mol. The molecular formula is C20H32O7SSi. The number of sulfone groups is 1. The van der Waals surface area contributed by atoms with E-state index in [0.717, 1.165) is 5.56 Å². The van der Waals surface area contributed by atoms with Gasteiger partial charge in [0, 0.05) is 31.4 Å². The molecule has 0 aromatic heterocycles. The summed E-state index contributed by atoms with van der Waals surface area (Å²) >= 11 is 0. The SMILES string of the molecule is CCO[Si](CCCC=C(CS(=O)(=O)c1ccc(C)cc1)C(=O)O)(OCC)OCC. The molecule has 0 aliphatic carbocycles. The van der Waals surface area contributed by atoms with Gasteiger partial charge in [-0.3, -0.25) is 0 Å². The molecule has 1 rings (SSSR count). The van der Waals surface area contributed by atoms with E-state index in [4.69, 9.17) is 13.3 Å². The lowest BCUT2D eigenvalue weighted by Crippen LogP contribution is -2.45. The summed E-state index contributed by atoms with van der Waals surface area (Å²) in [6.07, 6.45) is 2.44. The third kappa shape index (κ3) is 8.39. The van der Waals surface area contributed by atoms with Gasteiger partial charge in [-0.15, -0.1) is 0 Å². The average Bonchev–Trinajstić information content (AvgIpc) is 2.65. The van der Waals surface area contributed by atoms with E-state index in [1.807, 2.05) is 27.7 Å². The number of aryl methyl sites for hydroxylation is 1. The van der Waals surface area contributed by atoms with Crippen LogP contribution in [0.1, 0.15) is 39.2 Å². The minimum Gasteiger partial charge on any atom is -0.478 e. The summed E-state index contributed by atoms with van der Waals surface area (Å²) in [5, 5.41) is 9.44. The smallest absolute Gasteiger partial charge is 0.478 e. The minimum absolute atomic E-state index is 0.116. The monoisotopic (exact) mass is 444 g/mol. The van der Waals surface area contributed by atoms with Crippen LogP contribution in [0.15, 0.2) is 40.8 Å². The highest BCUT2D eigenvalue weighted by Crippen LogP contribution is 2.21. The van der Waals surface area contributed by atoms with Crippen molar-refractivity contribution in [2.75, 3.05) is 25.6 Å². The number of carboxylic acids is 1. The second-order valence-electron chi connectivity index (χ2n) is 6.48. The van der Waals surface area contributed by atoms with Crippen molar-refractivity contribution in [3.05, 3.63) is 41.5 Å². The average molecular weight is 445 g/mol. The Labute approximate surface area is 175 Å². The zero-order valence-electron chi connectivity index (χ0n) is 17.6. The van der Waals surface area contributed by atoms with Crippen molar-refractivity contribution in [2.24, 2.45) is 0 Å². The van der Waals surface area contributed by atoms with Crippen molar-refractivity contribution in [1.82, 2.24) is 0 Å². The highest BCUT2D eigenvalue weighted by Gasteiger charge is 2.39. The zero-order chi connectivity index (χ0) is 21.9. The molecule has 164 valence electrons. The molecule has 1 aromatic carbocycles. The van der Waals surface area contributed by atoms with Gasteiger partial charge in [0.15, 0.2) is 9.84 Å². The van der Waals surface area contributed by atoms with Crippen LogP contribution in [0.5, 0.6) is 0 Å². The Kier molecular flexibility index (Phi) is 10.8. The molecule has 0 fully saturated rings. The first-order valence-electron chi connectivity index (χ1n) is 9.83. The van der Waals surface area contributed by atoms with Gasteiger partial charge in [0.05, 0.1) is 10.6 Å². The van der Waals surface area contributed by atoms with E-state index in [9.17, 15) is 18.3 Å². The van der Waals surface area contributed by atoms with Crippen LogP contribution in [0, 0.1) is 6.92 Å². The molecule has 0 radical (unpaired) electrons. The summed E-state index contributed by atoms with van der Waals surface area (Å²) in [5.74, 6) is -1.78. The Morgan fingerprint density at radius 2 is 1.55 bits per heavy atom. The van der Waals surface area contributed by atoms with Gasteiger partial charge in [0.25, 0.3) is 0 Å². The quantitative estimate of drug-likeness (QED) is 0.266. The minimum atomic E-state index is -3.73. The molecule has 0 aliphatic heterocycles. The molecule has 29 heavy (non-hydrogen) atoms. The van der Waals surface area contributed by atoms with Crippen LogP contribution in [-0.2, 0) is 27.9 Å². The second kappa shape index (κ2) is 12.2. The molecule has 0 unspecified atom stereocenters. The van der Waals surface area contributed by atoms with Crippen molar-refractivity contribution in [1.29, 1.82) is 0 Å². The summed E-state index contributed by atoms with van der Waals surface area (Å²) in [6, 6.07) is 6.91. The van der Waals surface area contributed by atoms with E-state index in [2.05, 4.69) is 0 Å². The molecular weight excluding hydrogens is 412 g/mol. The maximum Gasteiger partial charge on any atom is 0.500 e. The summed E-state index contributed by atoms with van der Waals surface area (Å²) in [5.41, 5.74) is 0.797. The Hall–Kier alpha value is -1.52. The standard InChI is InChI=1S/C20H32O7SSi/c1-5-25-29(26-6-2,27-7-3)15-9-8-10-18(20(21)22)16-28(23,24)19-13-11-17(4)12-14-19/h10-14H,5-9,15-16H2,1-4H3,(H,21,22). The molecule has 7 nitrogen and oxygen atoms in total. The van der Waals surface area contributed by atoms with Crippen LogP contribution in [0.4, 0.5) is 0 Å². The second-order valence-corrected chi connectivity index (χ2v) is 11.2. The van der Waals surface area contributed by atoms with Gasteiger partial charge in [0.1, 0.15) is 0 Å². The maximum atomic E-state index is 12.5. The zero-order valence-corrected chi connectivity index (χ0v) is 19.5. The molecule has 1 N–H and O–H groups in total. The van der Waals surface area contributed by atoms with Crippen LogP contribution in [0.3, 0.4) is 0 Å². The van der Waals surface area contributed by atoms with Gasteiger partial charge in [-0.05, 0) is 52.7 Å². The number of rotatable bonds is 14. The maximum absolute atomic E-state index is 12.5. The van der Waals surface area contributed by atoms with Gasteiger partial charge in [-0.1, -0.05) is 23.8 Å². The van der Waals surface area contributed by atoms with Gasteiger partial charge in [0.2, 0.25) is 0 Å². The lowest BCUT2D eigenvalue weighted by Gasteiger charge is -2.28. The summed E-state index contributed by atoms with van der Waals surface area (Å²) in [7, 11) is -6.52. The first-order valence-corrected chi connectivity index (χ1v) is 13.4. The molecule has 1 aromatic rings. The molecule has 0 bridgehead atoms. The first-order chi connectivity index (χ1) is 13.7. The number of aliphatic carboxylic acids is 1. The lowest BCUT2D eigenvalue weighted by atomic mass is 10.2. The molecule has 9 heteroatoms. The Balaban J connectivity index is 2.84. The third-order valence-corrected chi connectivity index (χ3v) is 9.00. The normalized spacial score (nSPS) is 12.9. The van der Waals surface area contributed by atoms with Crippen LogP contribution >= 0.6 is 0 Å². The Morgan fingerprint density at radius 3 is 2.00 bits per heavy atom. The van der Waals surface area contributed by atoms with E-state index in [1.54, 1.807) is 12.1 Å². The van der Waals surface area contributed by atoms with E-state index >= 15 is 0 Å². The number of carbonyl (C=O) groups is 1. The fourth-order valence-electron chi connectivity index (χ4n) is 2.84. The van der Waals surface area contributed by atoms with E-state index < -0.39 is 30.4 Å². The molecule has 0 atom stereocenters. The van der Waals surface area contributed by atoms with E-state index in [1.165, 1.54) is 18.2 Å². The van der Waals surface area contributed by atoms with Gasteiger partial charge in [-0.2, -0.15) is 0 Å². The van der Waals surface area contributed by atoms with Crippen molar-refractivity contribution >= 4 is 24.6 Å². The Bertz CT molecular complexity index is 756. The number of hydrogen-bond acceptors (Lipinski definition) is 6. The lowest BCUT2D eigenvalue weighted by molar-refractivity contribution is -0.132. The van der Waals surface area contributed by atoms with Crippen molar-refractivity contribution in [3.8, 4) is 0 Å². The van der Waals surface area contributed by atoms with Crippen LogP contribution in [-0.4, -0.2) is 53.9 Å². The number of allylic oxidation sites excluding steroid dienone is 1. The Morgan fingerprint density at radius 1 is 1.03 bits per heavy atom. The van der Waals surface area contributed by atoms with Gasteiger partial charge < -0.3 is 18.4 Å². The van der Waals surface area contributed by atoms with Gasteiger partial charge >= 0.3 is 14.8 Å².